The Kier molecular flexibility index (Phi) is 3.99. The van der Waals surface area contributed by atoms with E-state index in [1.165, 1.54) is 0 Å². The Morgan fingerprint density at radius 3 is 2.94 bits per heavy atom. The molecule has 0 amide bonds. The standard InChI is InChI=1S/C14H18N2O2/c1-11-4-3-5-12(10-11)18-9-6-13(17)14-15-7-8-16(14)2/h3-5,7-8,10,13,17H,6,9H2,1-2H3. The molecule has 4 heteroatoms. The van der Waals surface area contributed by atoms with Crippen LogP contribution in [0.25, 0.3) is 0 Å². The molecule has 0 spiro atoms. The molecule has 4 nitrogen and oxygen atoms in total. The quantitative estimate of drug-likeness (QED) is 0.880. The molecule has 0 fully saturated rings. The zero-order chi connectivity index (χ0) is 13.0. The van der Waals surface area contributed by atoms with Gasteiger partial charge in [-0.3, -0.25) is 0 Å². The summed E-state index contributed by atoms with van der Waals surface area (Å²) in [4.78, 5) is 4.11. The minimum atomic E-state index is -0.588. The molecule has 1 aromatic heterocycles. The van der Waals surface area contributed by atoms with E-state index in [1.54, 1.807) is 6.20 Å². The Hall–Kier alpha value is -1.81. The minimum Gasteiger partial charge on any atom is -0.493 e. The number of aromatic nitrogens is 2. The van der Waals surface area contributed by atoms with Crippen LogP contribution in [0.1, 0.15) is 23.9 Å². The largest absolute Gasteiger partial charge is 0.493 e. The number of ether oxygens (including phenoxy) is 1. The number of aliphatic hydroxyl groups excluding tert-OH is 1. The molecule has 18 heavy (non-hydrogen) atoms. The lowest BCUT2D eigenvalue weighted by atomic mass is 10.2. The third-order valence-corrected chi connectivity index (χ3v) is 2.81. The maximum Gasteiger partial charge on any atom is 0.137 e. The molecule has 0 saturated carbocycles. The Morgan fingerprint density at radius 1 is 1.44 bits per heavy atom. The van der Waals surface area contributed by atoms with Crippen LogP contribution in [0.4, 0.5) is 0 Å². The summed E-state index contributed by atoms with van der Waals surface area (Å²) in [5, 5.41) is 9.96. The fraction of sp³-hybridized carbons (Fsp3) is 0.357. The van der Waals surface area contributed by atoms with Gasteiger partial charge in [0.25, 0.3) is 0 Å². The van der Waals surface area contributed by atoms with Gasteiger partial charge in [-0.05, 0) is 24.6 Å². The molecule has 1 unspecified atom stereocenters. The molecule has 1 N–H and O–H groups in total. The van der Waals surface area contributed by atoms with E-state index in [0.29, 0.717) is 18.9 Å². The molecule has 2 rings (SSSR count). The van der Waals surface area contributed by atoms with Crippen molar-refractivity contribution in [3.05, 3.63) is 48.0 Å². The third kappa shape index (κ3) is 3.11. The van der Waals surface area contributed by atoms with Crippen LogP contribution in [0, 0.1) is 6.92 Å². The number of imidazole rings is 1. The van der Waals surface area contributed by atoms with Crippen molar-refractivity contribution < 1.29 is 9.84 Å². The van der Waals surface area contributed by atoms with Gasteiger partial charge in [0.05, 0.1) is 6.61 Å². The van der Waals surface area contributed by atoms with Crippen molar-refractivity contribution in [2.45, 2.75) is 19.4 Å². The Labute approximate surface area is 107 Å². The van der Waals surface area contributed by atoms with Crippen LogP contribution in [0.2, 0.25) is 0 Å². The van der Waals surface area contributed by atoms with Crippen molar-refractivity contribution in [3.8, 4) is 5.75 Å². The molecule has 0 aliphatic rings. The highest BCUT2D eigenvalue weighted by Crippen LogP contribution is 2.16. The summed E-state index contributed by atoms with van der Waals surface area (Å²) in [6.07, 6.45) is 3.44. The molecule has 2 aromatic rings. The highest BCUT2D eigenvalue weighted by molar-refractivity contribution is 5.27. The van der Waals surface area contributed by atoms with Crippen molar-refractivity contribution in [1.29, 1.82) is 0 Å². The lowest BCUT2D eigenvalue weighted by molar-refractivity contribution is 0.130. The van der Waals surface area contributed by atoms with E-state index in [0.717, 1.165) is 11.3 Å². The van der Waals surface area contributed by atoms with Gasteiger partial charge in [-0.1, -0.05) is 12.1 Å². The average molecular weight is 246 g/mol. The number of hydrogen-bond acceptors (Lipinski definition) is 3. The highest BCUT2D eigenvalue weighted by Gasteiger charge is 2.12. The third-order valence-electron chi connectivity index (χ3n) is 2.81. The van der Waals surface area contributed by atoms with Gasteiger partial charge in [0.15, 0.2) is 0 Å². The first kappa shape index (κ1) is 12.6. The summed E-state index contributed by atoms with van der Waals surface area (Å²) in [5.41, 5.74) is 1.16. The minimum absolute atomic E-state index is 0.470. The first-order chi connectivity index (χ1) is 8.66. The van der Waals surface area contributed by atoms with E-state index >= 15 is 0 Å². The zero-order valence-corrected chi connectivity index (χ0v) is 10.7. The average Bonchev–Trinajstić information content (AvgIpc) is 2.75. The molecular weight excluding hydrogens is 228 g/mol. The van der Waals surface area contributed by atoms with Gasteiger partial charge in [-0.25, -0.2) is 4.98 Å². The number of aliphatic hydroxyl groups is 1. The molecule has 0 saturated heterocycles. The Balaban J connectivity index is 1.84. The molecule has 1 atom stereocenters. The Bertz CT molecular complexity index is 508. The second-order valence-electron chi connectivity index (χ2n) is 4.37. The van der Waals surface area contributed by atoms with E-state index in [4.69, 9.17) is 4.74 Å². The van der Waals surface area contributed by atoms with Gasteiger partial charge in [0.2, 0.25) is 0 Å². The van der Waals surface area contributed by atoms with E-state index in [9.17, 15) is 5.11 Å². The lowest BCUT2D eigenvalue weighted by Crippen LogP contribution is -2.09. The summed E-state index contributed by atoms with van der Waals surface area (Å²) in [5.74, 6) is 1.50. The van der Waals surface area contributed by atoms with Crippen LogP contribution in [-0.2, 0) is 7.05 Å². The van der Waals surface area contributed by atoms with E-state index in [1.807, 2.05) is 49.0 Å². The van der Waals surface area contributed by atoms with E-state index in [-0.39, 0.29) is 0 Å². The van der Waals surface area contributed by atoms with Gasteiger partial charge in [0, 0.05) is 25.9 Å². The SMILES string of the molecule is Cc1cccc(OCCC(O)c2nccn2C)c1. The predicted molar refractivity (Wildman–Crippen MR) is 69.5 cm³/mol. The highest BCUT2D eigenvalue weighted by atomic mass is 16.5. The van der Waals surface area contributed by atoms with Gasteiger partial charge in [-0.2, -0.15) is 0 Å². The van der Waals surface area contributed by atoms with Crippen LogP contribution in [0.5, 0.6) is 5.75 Å². The Morgan fingerprint density at radius 2 is 2.28 bits per heavy atom. The summed E-state index contributed by atoms with van der Waals surface area (Å²) >= 11 is 0. The van der Waals surface area contributed by atoms with Crippen LogP contribution in [-0.4, -0.2) is 21.3 Å². The lowest BCUT2D eigenvalue weighted by Gasteiger charge is -2.11. The first-order valence-electron chi connectivity index (χ1n) is 6.01. The van der Waals surface area contributed by atoms with E-state index in [2.05, 4.69) is 4.98 Å². The van der Waals surface area contributed by atoms with Crippen LogP contribution < -0.4 is 4.74 Å². The normalized spacial score (nSPS) is 12.4. The number of hydrogen-bond donors (Lipinski definition) is 1. The van der Waals surface area contributed by atoms with Crippen molar-refractivity contribution in [2.24, 2.45) is 7.05 Å². The number of aryl methyl sites for hydroxylation is 2. The van der Waals surface area contributed by atoms with Crippen molar-refractivity contribution in [3.63, 3.8) is 0 Å². The van der Waals surface area contributed by atoms with E-state index < -0.39 is 6.10 Å². The summed E-state index contributed by atoms with van der Waals surface area (Å²) in [7, 11) is 1.87. The molecule has 1 aromatic carbocycles. The van der Waals surface area contributed by atoms with Gasteiger partial charge in [-0.15, -0.1) is 0 Å². The summed E-state index contributed by atoms with van der Waals surface area (Å²) < 4.78 is 7.42. The van der Waals surface area contributed by atoms with Crippen LogP contribution in [0.15, 0.2) is 36.7 Å². The second-order valence-corrected chi connectivity index (χ2v) is 4.37. The summed E-state index contributed by atoms with van der Waals surface area (Å²) in [6.45, 7) is 2.49. The van der Waals surface area contributed by atoms with Crippen LogP contribution in [0.3, 0.4) is 0 Å². The maximum absolute atomic E-state index is 9.96. The predicted octanol–water partition coefficient (Wildman–Crippen LogP) is 2.23. The molecular formula is C14H18N2O2. The van der Waals surface area contributed by atoms with Crippen molar-refractivity contribution in [2.75, 3.05) is 6.61 Å². The van der Waals surface area contributed by atoms with Gasteiger partial charge >= 0.3 is 0 Å². The van der Waals surface area contributed by atoms with Crippen molar-refractivity contribution in [1.82, 2.24) is 9.55 Å². The first-order valence-corrected chi connectivity index (χ1v) is 6.01. The van der Waals surface area contributed by atoms with Gasteiger partial charge < -0.3 is 14.4 Å². The number of benzene rings is 1. The van der Waals surface area contributed by atoms with Crippen molar-refractivity contribution >= 4 is 0 Å². The zero-order valence-electron chi connectivity index (χ0n) is 10.7. The molecule has 0 radical (unpaired) electrons. The molecule has 1 heterocycles. The monoisotopic (exact) mass is 246 g/mol. The summed E-state index contributed by atoms with van der Waals surface area (Å²) in [6, 6.07) is 7.88. The second kappa shape index (κ2) is 5.69. The fourth-order valence-corrected chi connectivity index (χ4v) is 1.82. The molecule has 0 bridgehead atoms. The molecule has 0 aliphatic heterocycles. The van der Waals surface area contributed by atoms with Crippen LogP contribution >= 0.6 is 0 Å². The number of nitrogens with zero attached hydrogens (tertiary/aromatic N) is 2. The fourth-order valence-electron chi connectivity index (χ4n) is 1.82. The topological polar surface area (TPSA) is 47.3 Å². The molecule has 96 valence electrons. The molecule has 0 aliphatic carbocycles. The number of rotatable bonds is 5. The smallest absolute Gasteiger partial charge is 0.137 e. The maximum atomic E-state index is 9.96. The van der Waals surface area contributed by atoms with Gasteiger partial charge in [0.1, 0.15) is 17.7 Å².